The number of hydrogen-bond acceptors (Lipinski definition) is 4. The molecule has 3 rings (SSSR count). The van der Waals surface area contributed by atoms with Crippen molar-refractivity contribution in [1.29, 1.82) is 0 Å². The number of urea groups is 2. The van der Waals surface area contributed by atoms with Crippen LogP contribution in [-0.2, 0) is 9.53 Å². The maximum Gasteiger partial charge on any atom is 0.338 e. The fourth-order valence-electron chi connectivity index (χ4n) is 3.98. The first-order chi connectivity index (χ1) is 17.1. The van der Waals surface area contributed by atoms with Crippen molar-refractivity contribution >= 4 is 29.4 Å². The van der Waals surface area contributed by atoms with Crippen LogP contribution in [0.4, 0.5) is 21.0 Å². The van der Waals surface area contributed by atoms with E-state index in [9.17, 15) is 14.4 Å². The third-order valence-electron chi connectivity index (χ3n) is 6.08. The lowest BCUT2D eigenvalue weighted by atomic mass is 9.94. The second-order valence-electron chi connectivity index (χ2n) is 9.53. The molecule has 0 saturated heterocycles. The summed E-state index contributed by atoms with van der Waals surface area (Å²) < 4.78 is 5.54. The van der Waals surface area contributed by atoms with Gasteiger partial charge in [-0.3, -0.25) is 4.90 Å². The number of nitrogens with zero attached hydrogens (tertiary/aromatic N) is 1. The SMILES string of the molecule is CCCN1C(=O)NC(c2ccc(NC(=O)Nc3ccc(C)c(C)c3)cc2)C(C(=O)OCC(C)C)=C1C. The standard InChI is InChI=1S/C28H36N4O4/c1-7-14-32-20(6)24(26(33)36-16-17(2)3)25(31-28(32)35)21-9-12-22(13-10-21)29-27(34)30-23-11-8-18(4)19(5)15-23/h8-13,15,17,25H,7,14,16H2,1-6H3,(H,31,35)(H2,29,30,34). The van der Waals surface area contributed by atoms with Gasteiger partial charge in [0.15, 0.2) is 0 Å². The van der Waals surface area contributed by atoms with E-state index < -0.39 is 12.0 Å². The minimum atomic E-state index is -0.649. The summed E-state index contributed by atoms with van der Waals surface area (Å²) in [5.74, 6) is -0.249. The molecule has 1 unspecified atom stereocenters. The molecule has 8 heteroatoms. The molecule has 4 amide bonds. The van der Waals surface area contributed by atoms with Gasteiger partial charge in [-0.2, -0.15) is 0 Å². The Morgan fingerprint density at radius 1 is 1.00 bits per heavy atom. The predicted octanol–water partition coefficient (Wildman–Crippen LogP) is 5.90. The van der Waals surface area contributed by atoms with Crippen molar-refractivity contribution < 1.29 is 19.1 Å². The van der Waals surface area contributed by atoms with Crippen molar-refractivity contribution in [1.82, 2.24) is 10.2 Å². The van der Waals surface area contributed by atoms with Crippen LogP contribution in [0.1, 0.15) is 56.8 Å². The molecule has 192 valence electrons. The molecule has 2 aromatic carbocycles. The maximum absolute atomic E-state index is 13.1. The van der Waals surface area contributed by atoms with Crippen LogP contribution in [0.15, 0.2) is 53.7 Å². The first-order valence-corrected chi connectivity index (χ1v) is 12.3. The number of hydrogen-bond donors (Lipinski definition) is 3. The van der Waals surface area contributed by atoms with Crippen molar-refractivity contribution in [3.63, 3.8) is 0 Å². The predicted molar refractivity (Wildman–Crippen MR) is 142 cm³/mol. The van der Waals surface area contributed by atoms with Gasteiger partial charge in [0.2, 0.25) is 0 Å². The molecular formula is C28H36N4O4. The zero-order valence-corrected chi connectivity index (χ0v) is 21.9. The fraction of sp³-hybridized carbons (Fsp3) is 0.393. The van der Waals surface area contributed by atoms with E-state index in [-0.39, 0.29) is 18.0 Å². The summed E-state index contributed by atoms with van der Waals surface area (Å²) >= 11 is 0. The highest BCUT2D eigenvalue weighted by Crippen LogP contribution is 2.32. The third-order valence-corrected chi connectivity index (χ3v) is 6.08. The van der Waals surface area contributed by atoms with E-state index in [0.29, 0.717) is 35.8 Å². The highest BCUT2D eigenvalue weighted by atomic mass is 16.5. The average molecular weight is 493 g/mol. The molecule has 0 fully saturated rings. The molecule has 8 nitrogen and oxygen atoms in total. The molecule has 0 saturated carbocycles. The average Bonchev–Trinajstić information content (AvgIpc) is 2.82. The summed E-state index contributed by atoms with van der Waals surface area (Å²) in [4.78, 5) is 39.9. The summed E-state index contributed by atoms with van der Waals surface area (Å²) in [5, 5.41) is 8.59. The van der Waals surface area contributed by atoms with Gasteiger partial charge in [-0.1, -0.05) is 39.0 Å². The second-order valence-corrected chi connectivity index (χ2v) is 9.53. The molecule has 0 aromatic heterocycles. The number of carbonyl (C=O) groups is 3. The molecule has 0 radical (unpaired) electrons. The van der Waals surface area contributed by atoms with Crippen molar-refractivity contribution in [3.05, 3.63) is 70.4 Å². The lowest BCUT2D eigenvalue weighted by Crippen LogP contribution is -2.48. The molecule has 36 heavy (non-hydrogen) atoms. The van der Waals surface area contributed by atoms with E-state index in [4.69, 9.17) is 4.74 Å². The number of amides is 4. The van der Waals surface area contributed by atoms with E-state index in [2.05, 4.69) is 16.0 Å². The van der Waals surface area contributed by atoms with Gasteiger partial charge in [-0.15, -0.1) is 0 Å². The van der Waals surface area contributed by atoms with E-state index in [1.807, 2.05) is 52.8 Å². The van der Waals surface area contributed by atoms with Crippen LogP contribution in [0.5, 0.6) is 0 Å². The molecule has 0 aliphatic carbocycles. The Morgan fingerprint density at radius 2 is 1.64 bits per heavy atom. The monoisotopic (exact) mass is 492 g/mol. The molecule has 1 atom stereocenters. The van der Waals surface area contributed by atoms with Crippen LogP contribution < -0.4 is 16.0 Å². The molecule has 0 bridgehead atoms. The Balaban J connectivity index is 1.79. The number of carbonyl (C=O) groups excluding carboxylic acids is 3. The van der Waals surface area contributed by atoms with Gasteiger partial charge in [0.25, 0.3) is 0 Å². The first-order valence-electron chi connectivity index (χ1n) is 12.3. The Morgan fingerprint density at radius 3 is 2.25 bits per heavy atom. The van der Waals surface area contributed by atoms with E-state index >= 15 is 0 Å². The Hall–Kier alpha value is -3.81. The summed E-state index contributed by atoms with van der Waals surface area (Å²) in [6.07, 6.45) is 0.758. The number of benzene rings is 2. The van der Waals surface area contributed by atoms with Crippen LogP contribution in [-0.4, -0.2) is 36.1 Å². The number of allylic oxidation sites excluding steroid dienone is 1. The van der Waals surface area contributed by atoms with Crippen LogP contribution in [0.25, 0.3) is 0 Å². The minimum Gasteiger partial charge on any atom is -0.462 e. The normalized spacial score (nSPS) is 15.6. The largest absolute Gasteiger partial charge is 0.462 e. The van der Waals surface area contributed by atoms with Gasteiger partial charge in [-0.05, 0) is 74.1 Å². The van der Waals surface area contributed by atoms with E-state index in [0.717, 1.165) is 23.1 Å². The highest BCUT2D eigenvalue weighted by molar-refractivity contribution is 6.00. The zero-order chi connectivity index (χ0) is 26.4. The highest BCUT2D eigenvalue weighted by Gasteiger charge is 2.36. The van der Waals surface area contributed by atoms with Crippen molar-refractivity contribution in [2.45, 2.75) is 54.0 Å². The van der Waals surface area contributed by atoms with Gasteiger partial charge in [0.05, 0.1) is 18.2 Å². The Labute approximate surface area is 213 Å². The number of rotatable bonds is 8. The Kier molecular flexibility index (Phi) is 8.74. The van der Waals surface area contributed by atoms with E-state index in [1.54, 1.807) is 36.1 Å². The quantitative estimate of drug-likeness (QED) is 0.400. The topological polar surface area (TPSA) is 99.8 Å². The van der Waals surface area contributed by atoms with Gasteiger partial charge < -0.3 is 20.7 Å². The third kappa shape index (κ3) is 6.44. The van der Waals surface area contributed by atoms with Crippen molar-refractivity contribution in [3.8, 4) is 0 Å². The first kappa shape index (κ1) is 26.8. The number of ether oxygens (including phenoxy) is 1. The van der Waals surface area contributed by atoms with Crippen molar-refractivity contribution in [2.24, 2.45) is 5.92 Å². The van der Waals surface area contributed by atoms with Crippen LogP contribution in [0, 0.1) is 19.8 Å². The van der Waals surface area contributed by atoms with Crippen LogP contribution in [0.3, 0.4) is 0 Å². The lowest BCUT2D eigenvalue weighted by Gasteiger charge is -2.35. The van der Waals surface area contributed by atoms with E-state index in [1.165, 1.54) is 0 Å². The molecule has 1 aliphatic rings. The molecule has 1 heterocycles. The smallest absolute Gasteiger partial charge is 0.338 e. The molecular weight excluding hydrogens is 456 g/mol. The number of aryl methyl sites for hydroxylation is 2. The zero-order valence-electron chi connectivity index (χ0n) is 21.9. The number of nitrogens with one attached hydrogen (secondary N) is 3. The summed E-state index contributed by atoms with van der Waals surface area (Å²) in [6.45, 7) is 12.5. The molecule has 0 spiro atoms. The summed E-state index contributed by atoms with van der Waals surface area (Å²) in [5.41, 5.74) is 5.26. The van der Waals surface area contributed by atoms with Crippen LogP contribution >= 0.6 is 0 Å². The maximum atomic E-state index is 13.1. The minimum absolute atomic E-state index is 0.193. The molecule has 2 aromatic rings. The van der Waals surface area contributed by atoms with Gasteiger partial charge in [0, 0.05) is 23.6 Å². The van der Waals surface area contributed by atoms with Crippen molar-refractivity contribution in [2.75, 3.05) is 23.8 Å². The fourth-order valence-corrected chi connectivity index (χ4v) is 3.98. The molecule has 1 aliphatic heterocycles. The molecule has 3 N–H and O–H groups in total. The summed E-state index contributed by atoms with van der Waals surface area (Å²) in [7, 11) is 0. The lowest BCUT2D eigenvalue weighted by molar-refractivity contribution is -0.140. The van der Waals surface area contributed by atoms with Gasteiger partial charge in [-0.25, -0.2) is 14.4 Å². The number of anilines is 2. The van der Waals surface area contributed by atoms with Gasteiger partial charge in [0.1, 0.15) is 0 Å². The second kappa shape index (κ2) is 11.7. The summed E-state index contributed by atoms with van der Waals surface area (Å²) in [6, 6.07) is 11.5. The van der Waals surface area contributed by atoms with Crippen LogP contribution in [0.2, 0.25) is 0 Å². The Bertz CT molecular complexity index is 1150. The number of esters is 1. The van der Waals surface area contributed by atoms with Gasteiger partial charge >= 0.3 is 18.0 Å².